The molecule has 88 valence electrons. The summed E-state index contributed by atoms with van der Waals surface area (Å²) in [4.78, 5) is 0. The van der Waals surface area contributed by atoms with Crippen molar-refractivity contribution in [2.24, 2.45) is 0 Å². The number of hydrogen-bond donors (Lipinski definition) is 0. The van der Waals surface area contributed by atoms with E-state index in [9.17, 15) is 15.5 Å². The first-order valence-electron chi connectivity index (χ1n) is 1.91. The quantitative estimate of drug-likeness (QED) is 0.338. The van der Waals surface area contributed by atoms with Crippen LogP contribution in [0.5, 0.6) is 0 Å². The van der Waals surface area contributed by atoms with Crippen molar-refractivity contribution in [1.29, 1.82) is 0 Å². The molecule has 0 heterocycles. The second kappa shape index (κ2) is 9.23. The average molecular weight is 571 g/mol. The Kier molecular flexibility index (Phi) is 10.6. The van der Waals surface area contributed by atoms with Crippen molar-refractivity contribution in [3.8, 4) is 0 Å². The summed E-state index contributed by atoms with van der Waals surface area (Å²) >= 11 is -8.39. The van der Waals surface area contributed by atoms with Crippen LogP contribution in [0.1, 0.15) is 0 Å². The van der Waals surface area contributed by atoms with E-state index in [-0.39, 0.29) is 0 Å². The zero-order valence-corrected chi connectivity index (χ0v) is 13.2. The van der Waals surface area contributed by atoms with Gasteiger partial charge in [-0.1, -0.05) is 0 Å². The van der Waals surface area contributed by atoms with Crippen LogP contribution in [-0.4, -0.2) is 23.0 Å². The standard InChI is InChI=1S/4Co.8O.Pb. The van der Waals surface area contributed by atoms with Crippen molar-refractivity contribution in [3.63, 3.8) is 0 Å². The van der Waals surface area contributed by atoms with Crippen LogP contribution in [0.2, 0.25) is 0 Å². The Hall–Kier alpha value is 1.99. The van der Waals surface area contributed by atoms with E-state index in [0.29, 0.717) is 0 Å². The molecule has 0 aromatic rings. The first-order chi connectivity index (χ1) is 6.24. The van der Waals surface area contributed by atoms with E-state index in [1.165, 1.54) is 0 Å². The molecule has 13 heteroatoms. The van der Waals surface area contributed by atoms with Gasteiger partial charge in [0.25, 0.3) is 0 Å². The van der Waals surface area contributed by atoms with Crippen LogP contribution in [0, 0.1) is 0 Å². The molecule has 0 aliphatic heterocycles. The molecule has 0 aromatic carbocycles. The van der Waals surface area contributed by atoms with Crippen LogP contribution in [0.15, 0.2) is 0 Å². The van der Waals surface area contributed by atoms with Crippen molar-refractivity contribution < 1.29 is 82.5 Å². The predicted molar refractivity (Wildman–Crippen MR) is 12.8 cm³/mol. The molecule has 0 N–H and O–H groups in total. The van der Waals surface area contributed by atoms with Crippen molar-refractivity contribution in [2.75, 3.05) is 0 Å². The minimum atomic E-state index is -5.00. The van der Waals surface area contributed by atoms with Gasteiger partial charge in [0.1, 0.15) is 0 Å². The number of rotatable bonds is 8. The van der Waals surface area contributed by atoms with Crippen molar-refractivity contribution in [3.05, 3.63) is 0 Å². The molecule has 0 unspecified atom stereocenters. The molecule has 0 fully saturated rings. The maximum absolute atomic E-state index is 10.0. The molecule has 0 aliphatic rings. The van der Waals surface area contributed by atoms with Crippen LogP contribution in [0.3, 0.4) is 0 Å². The fourth-order valence-electron chi connectivity index (χ4n) is 0.192. The summed E-state index contributed by atoms with van der Waals surface area (Å²) < 4.78 is 57.2. The summed E-state index contributed by atoms with van der Waals surface area (Å²) in [7, 11) is 0. The van der Waals surface area contributed by atoms with E-state index in [0.717, 1.165) is 0 Å². The van der Waals surface area contributed by atoms with Crippen LogP contribution in [0.25, 0.3) is 0 Å². The van der Waals surface area contributed by atoms with E-state index < -0.39 is 82.8 Å². The van der Waals surface area contributed by atoms with Crippen molar-refractivity contribution in [1.82, 2.24) is 0 Å². The zero-order valence-electron chi connectivity index (χ0n) is 5.10. The Balaban J connectivity index is 4.53. The van der Waals surface area contributed by atoms with Gasteiger partial charge in [0.2, 0.25) is 0 Å². The van der Waals surface area contributed by atoms with Crippen molar-refractivity contribution >= 4 is 23.0 Å². The molecular formula is Co4O8Pb. The van der Waals surface area contributed by atoms with E-state index in [1.54, 1.807) is 0 Å². The molecule has 0 aliphatic carbocycles. The van der Waals surface area contributed by atoms with Crippen LogP contribution in [-0.2, 0) is 82.5 Å². The predicted octanol–water partition coefficient (Wildman–Crippen LogP) is -1.14. The molecule has 0 aromatic heterocycles. The minimum absolute atomic E-state index is 0.847. The van der Waals surface area contributed by atoms with Gasteiger partial charge in [0.15, 0.2) is 0 Å². The SMILES string of the molecule is [O]=[Co][O][Pb]([O][Co]=[O])([O][Co]=[O])[O][Co]=[O]. The van der Waals surface area contributed by atoms with E-state index in [4.69, 9.17) is 0 Å². The number of hydrogen-bond acceptors (Lipinski definition) is 8. The average Bonchev–Trinajstić information content (AvgIpc) is 2.06. The van der Waals surface area contributed by atoms with Gasteiger partial charge in [-0.05, 0) is 0 Å². The Morgan fingerprint density at radius 1 is 0.615 bits per heavy atom. The van der Waals surface area contributed by atoms with Gasteiger partial charge in [-0.2, -0.15) is 0 Å². The zero-order chi connectivity index (χ0) is 10.2. The Morgan fingerprint density at radius 2 is 0.846 bits per heavy atom. The fraction of sp³-hybridized carbons (Fsp3) is 0. The summed E-state index contributed by atoms with van der Waals surface area (Å²) in [5.41, 5.74) is 0. The third kappa shape index (κ3) is 6.21. The van der Waals surface area contributed by atoms with E-state index in [2.05, 4.69) is 7.20 Å². The van der Waals surface area contributed by atoms with Gasteiger partial charge in [-0.25, -0.2) is 0 Å². The van der Waals surface area contributed by atoms with Gasteiger partial charge >= 0.3 is 105 Å². The Morgan fingerprint density at radius 3 is 1.00 bits per heavy atom. The third-order valence-electron chi connectivity index (χ3n) is 0.444. The Bertz CT molecular complexity index is 157. The van der Waals surface area contributed by atoms with Crippen LogP contribution < -0.4 is 0 Å². The molecular weight excluding hydrogens is 571 g/mol. The maximum atomic E-state index is 10.0. The summed E-state index contributed by atoms with van der Waals surface area (Å²) in [5.74, 6) is 0. The molecule has 0 rings (SSSR count). The first-order valence-corrected chi connectivity index (χ1v) is 11.7. The Labute approximate surface area is 104 Å². The summed E-state index contributed by atoms with van der Waals surface area (Å²) in [6.07, 6.45) is 0. The molecule has 0 bridgehead atoms. The van der Waals surface area contributed by atoms with E-state index in [1.807, 2.05) is 0 Å². The summed E-state index contributed by atoms with van der Waals surface area (Å²) in [6, 6.07) is 0. The molecule has 8 nitrogen and oxygen atoms in total. The molecule has 0 amide bonds. The van der Waals surface area contributed by atoms with E-state index >= 15 is 0 Å². The van der Waals surface area contributed by atoms with Gasteiger partial charge in [0, 0.05) is 0 Å². The molecule has 0 saturated carbocycles. The van der Waals surface area contributed by atoms with Gasteiger partial charge < -0.3 is 0 Å². The monoisotopic (exact) mass is 572 g/mol. The van der Waals surface area contributed by atoms with Crippen LogP contribution >= 0.6 is 0 Å². The fourth-order valence-corrected chi connectivity index (χ4v) is 13.2. The molecule has 0 atom stereocenters. The van der Waals surface area contributed by atoms with Gasteiger partial charge in [0.05, 0.1) is 0 Å². The van der Waals surface area contributed by atoms with Gasteiger partial charge in [-0.3, -0.25) is 0 Å². The second-order valence-electron chi connectivity index (χ2n) is 0.994. The second-order valence-corrected chi connectivity index (χ2v) is 15.2. The first kappa shape index (κ1) is 15.0. The topological polar surface area (TPSA) is 105 Å². The third-order valence-corrected chi connectivity index (χ3v) is 16.1. The normalized spacial score (nSPS) is 12.9. The molecule has 0 saturated heterocycles. The molecule has 0 radical (unpaired) electrons. The van der Waals surface area contributed by atoms with Gasteiger partial charge in [-0.15, -0.1) is 0 Å². The molecule has 13 heavy (non-hydrogen) atoms. The summed E-state index contributed by atoms with van der Waals surface area (Å²) in [6.45, 7) is 0. The van der Waals surface area contributed by atoms with Crippen LogP contribution in [0.4, 0.5) is 0 Å². The summed E-state index contributed by atoms with van der Waals surface area (Å²) in [5, 5.41) is 0. The molecule has 0 spiro atoms. The van der Waals surface area contributed by atoms with Crippen molar-refractivity contribution in [2.45, 2.75) is 0 Å².